The maximum absolute atomic E-state index is 14.9. The molecule has 3 N–H and O–H groups in total. The van der Waals surface area contributed by atoms with E-state index in [1.54, 1.807) is 6.20 Å². The molecular weight excluding hydrogens is 497 g/mol. The Morgan fingerprint density at radius 2 is 1.84 bits per heavy atom. The largest absolute Gasteiger partial charge is 0.493 e. The molecule has 3 aromatic rings. The lowest BCUT2D eigenvalue weighted by atomic mass is 9.76. The Morgan fingerprint density at radius 1 is 1.08 bits per heavy atom. The van der Waals surface area contributed by atoms with Crippen LogP contribution in [0.5, 0.6) is 5.75 Å². The lowest BCUT2D eigenvalue weighted by Gasteiger charge is -2.32. The number of nitrogens with one attached hydrogen (secondary N) is 1. The maximum Gasteiger partial charge on any atom is 0.274 e. The second kappa shape index (κ2) is 12.4. The molecule has 0 aliphatic heterocycles. The monoisotopic (exact) mass is 528 g/mol. The van der Waals surface area contributed by atoms with Crippen LogP contribution in [0.3, 0.4) is 0 Å². The van der Waals surface area contributed by atoms with Gasteiger partial charge in [0.15, 0.2) is 0 Å². The zero-order valence-corrected chi connectivity index (χ0v) is 21.3. The van der Waals surface area contributed by atoms with Crippen LogP contribution in [-0.2, 0) is 4.74 Å². The minimum Gasteiger partial charge on any atom is -0.493 e. The minimum absolute atomic E-state index is 0.0463. The summed E-state index contributed by atoms with van der Waals surface area (Å²) in [6.45, 7) is 2.77. The Morgan fingerprint density at radius 3 is 2.55 bits per heavy atom. The van der Waals surface area contributed by atoms with E-state index >= 15 is 0 Å². The number of amides is 1. The third kappa shape index (κ3) is 6.49. The molecule has 4 rings (SSSR count). The Bertz CT molecular complexity index is 1260. The van der Waals surface area contributed by atoms with Crippen LogP contribution in [0.2, 0.25) is 0 Å². The standard InChI is InChI=1S/C28H31F3N4O3/c1-16-10-17(12-18(32)11-16)20-6-7-33-15-25(20)35-28(36)24-5-4-21(29)27(34-24)26-22(30)13-19(14-23(26)31)38-9-3-8-37-2/h4-7,13-18H,3,8-12,32H2,1-2H3,(H,35,36)/t16-,17+,18+/m0/s1. The van der Waals surface area contributed by atoms with Crippen molar-refractivity contribution in [2.75, 3.05) is 25.6 Å². The van der Waals surface area contributed by atoms with Crippen LogP contribution in [-0.4, -0.2) is 42.2 Å². The van der Waals surface area contributed by atoms with E-state index < -0.39 is 34.6 Å². The van der Waals surface area contributed by atoms with Gasteiger partial charge >= 0.3 is 0 Å². The van der Waals surface area contributed by atoms with Crippen LogP contribution in [0.1, 0.15) is 54.6 Å². The summed E-state index contributed by atoms with van der Waals surface area (Å²) < 4.78 is 54.7. The normalized spacial score (nSPS) is 19.3. The van der Waals surface area contributed by atoms with Gasteiger partial charge in [-0.25, -0.2) is 18.2 Å². The van der Waals surface area contributed by atoms with Gasteiger partial charge in [-0.15, -0.1) is 0 Å². The number of hydrogen-bond donors (Lipinski definition) is 2. The highest BCUT2D eigenvalue weighted by molar-refractivity contribution is 6.03. The first-order chi connectivity index (χ1) is 18.3. The molecule has 1 fully saturated rings. The number of benzene rings is 1. The van der Waals surface area contributed by atoms with Crippen LogP contribution in [0, 0.1) is 23.4 Å². The van der Waals surface area contributed by atoms with Gasteiger partial charge in [0.05, 0.1) is 24.1 Å². The summed E-state index contributed by atoms with van der Waals surface area (Å²) in [5, 5.41) is 2.78. The second-order valence-electron chi connectivity index (χ2n) is 9.67. The number of nitrogens with two attached hydrogens (primary N) is 1. The van der Waals surface area contributed by atoms with Crippen molar-refractivity contribution < 1.29 is 27.4 Å². The summed E-state index contributed by atoms with van der Waals surface area (Å²) in [7, 11) is 1.53. The number of ether oxygens (including phenoxy) is 2. The van der Waals surface area contributed by atoms with Crippen molar-refractivity contribution in [3.05, 3.63) is 71.4 Å². The molecule has 1 amide bonds. The third-order valence-electron chi connectivity index (χ3n) is 6.61. The topological polar surface area (TPSA) is 99.4 Å². The van der Waals surface area contributed by atoms with Crippen molar-refractivity contribution in [1.29, 1.82) is 0 Å². The highest BCUT2D eigenvalue weighted by atomic mass is 19.1. The van der Waals surface area contributed by atoms with Crippen LogP contribution >= 0.6 is 0 Å². The number of halogens is 3. The Hall–Kier alpha value is -3.50. The number of anilines is 1. The van der Waals surface area contributed by atoms with E-state index in [0.29, 0.717) is 24.6 Å². The minimum atomic E-state index is -1.06. The first kappa shape index (κ1) is 27.5. The lowest BCUT2D eigenvalue weighted by Crippen LogP contribution is -2.31. The average Bonchev–Trinajstić information content (AvgIpc) is 2.87. The van der Waals surface area contributed by atoms with E-state index in [-0.39, 0.29) is 30.0 Å². The Kier molecular flexibility index (Phi) is 8.96. The van der Waals surface area contributed by atoms with Crippen molar-refractivity contribution in [3.63, 3.8) is 0 Å². The number of methoxy groups -OCH3 is 1. The van der Waals surface area contributed by atoms with E-state index in [1.807, 2.05) is 6.07 Å². The van der Waals surface area contributed by atoms with Gasteiger partial charge in [-0.1, -0.05) is 6.92 Å². The number of carbonyl (C=O) groups is 1. The molecule has 10 heteroatoms. The van der Waals surface area contributed by atoms with Gasteiger partial charge in [-0.2, -0.15) is 0 Å². The van der Waals surface area contributed by atoms with Crippen molar-refractivity contribution in [3.8, 4) is 17.0 Å². The molecular formula is C28H31F3N4O3. The molecule has 2 heterocycles. The predicted molar refractivity (Wildman–Crippen MR) is 137 cm³/mol. The molecule has 1 aliphatic rings. The van der Waals surface area contributed by atoms with Crippen molar-refractivity contribution in [2.45, 2.75) is 44.6 Å². The fraction of sp³-hybridized carbons (Fsp3) is 0.393. The highest BCUT2D eigenvalue weighted by Crippen LogP contribution is 2.38. The van der Waals surface area contributed by atoms with Gasteiger partial charge in [-0.3, -0.25) is 9.78 Å². The van der Waals surface area contributed by atoms with Crippen molar-refractivity contribution in [2.24, 2.45) is 11.7 Å². The molecule has 1 aromatic carbocycles. The van der Waals surface area contributed by atoms with Crippen LogP contribution in [0.4, 0.5) is 18.9 Å². The highest BCUT2D eigenvalue weighted by Gasteiger charge is 2.28. The third-order valence-corrected chi connectivity index (χ3v) is 6.61. The van der Waals surface area contributed by atoms with E-state index in [9.17, 15) is 18.0 Å². The number of rotatable bonds is 9. The van der Waals surface area contributed by atoms with Gasteiger partial charge in [0.2, 0.25) is 0 Å². The molecule has 0 spiro atoms. The SMILES string of the molecule is COCCCOc1cc(F)c(-c2nc(C(=O)Nc3cnccc3[C@@H]3C[C@H](C)C[C@@H](N)C3)ccc2F)c(F)c1. The quantitative estimate of drug-likeness (QED) is 0.358. The van der Waals surface area contributed by atoms with Crippen LogP contribution in [0.15, 0.2) is 42.7 Å². The molecule has 1 saturated carbocycles. The number of nitrogens with zero attached hydrogens (tertiary/aromatic N) is 2. The van der Waals surface area contributed by atoms with Crippen molar-refractivity contribution >= 4 is 11.6 Å². The van der Waals surface area contributed by atoms with E-state index in [4.69, 9.17) is 15.2 Å². The maximum atomic E-state index is 14.9. The van der Waals surface area contributed by atoms with Crippen LogP contribution in [0.25, 0.3) is 11.3 Å². The van der Waals surface area contributed by atoms with Gasteiger partial charge in [0.25, 0.3) is 5.91 Å². The first-order valence-electron chi connectivity index (χ1n) is 12.5. The molecule has 1 aliphatic carbocycles. The van der Waals surface area contributed by atoms with Crippen molar-refractivity contribution in [1.82, 2.24) is 9.97 Å². The van der Waals surface area contributed by atoms with Gasteiger partial charge in [-0.05, 0) is 54.9 Å². The molecule has 0 radical (unpaired) electrons. The summed E-state index contributed by atoms with van der Waals surface area (Å²) in [6, 6.07) is 5.93. The predicted octanol–water partition coefficient (Wildman–Crippen LogP) is 5.46. The molecule has 0 saturated heterocycles. The molecule has 0 unspecified atom stereocenters. The number of hydrogen-bond acceptors (Lipinski definition) is 6. The second-order valence-corrected chi connectivity index (χ2v) is 9.67. The van der Waals surface area contributed by atoms with Gasteiger partial charge in [0, 0.05) is 44.5 Å². The molecule has 7 nitrogen and oxygen atoms in total. The lowest BCUT2D eigenvalue weighted by molar-refractivity contribution is 0.102. The fourth-order valence-electron chi connectivity index (χ4n) is 4.96. The summed E-state index contributed by atoms with van der Waals surface area (Å²) in [4.78, 5) is 21.2. The Balaban J connectivity index is 1.57. The number of pyridine rings is 2. The molecule has 3 atom stereocenters. The number of carbonyl (C=O) groups excluding carboxylic acids is 1. The smallest absolute Gasteiger partial charge is 0.274 e. The zero-order valence-electron chi connectivity index (χ0n) is 21.3. The molecule has 2 aromatic heterocycles. The Labute approximate surface area is 219 Å². The summed E-state index contributed by atoms with van der Waals surface area (Å²) in [5.41, 5.74) is 6.11. The molecule has 38 heavy (non-hydrogen) atoms. The van der Waals surface area contributed by atoms with Crippen LogP contribution < -0.4 is 15.8 Å². The summed E-state index contributed by atoms with van der Waals surface area (Å²) in [5.74, 6) is -3.22. The van der Waals surface area contributed by atoms with E-state index in [0.717, 1.165) is 49.1 Å². The average molecular weight is 529 g/mol. The number of aromatic nitrogens is 2. The fourth-order valence-corrected chi connectivity index (χ4v) is 4.96. The first-order valence-corrected chi connectivity index (χ1v) is 12.5. The van der Waals surface area contributed by atoms with E-state index in [2.05, 4.69) is 22.2 Å². The summed E-state index contributed by atoms with van der Waals surface area (Å²) >= 11 is 0. The van der Waals surface area contributed by atoms with Gasteiger partial charge in [0.1, 0.15) is 34.6 Å². The van der Waals surface area contributed by atoms with Gasteiger partial charge < -0.3 is 20.5 Å². The van der Waals surface area contributed by atoms with E-state index in [1.165, 1.54) is 13.3 Å². The summed E-state index contributed by atoms with van der Waals surface area (Å²) in [6.07, 6.45) is 6.36. The molecule has 0 bridgehead atoms. The zero-order chi connectivity index (χ0) is 27.2. The molecule has 202 valence electrons.